The zero-order chi connectivity index (χ0) is 8.85. The average Bonchev–Trinajstić information content (AvgIpc) is 1.99. The third-order valence-corrected chi connectivity index (χ3v) is 2.86. The second kappa shape index (κ2) is 5.77. The Morgan fingerprint density at radius 1 is 1.64 bits per heavy atom. The molecule has 0 radical (unpaired) electrons. The predicted octanol–water partition coefficient (Wildman–Crippen LogP) is -0.0807. The molecule has 0 heterocycles. The lowest BCUT2D eigenvalue weighted by Gasteiger charge is -2.13. The van der Waals surface area contributed by atoms with Crippen LogP contribution in [0.4, 0.5) is 0 Å². The summed E-state index contributed by atoms with van der Waals surface area (Å²) >= 11 is 6.30. The fourth-order valence-electron chi connectivity index (χ4n) is 0.349. The molecular weight excluding hydrogens is 182 g/mol. The lowest BCUT2D eigenvalue weighted by molar-refractivity contribution is 0.114. The van der Waals surface area contributed by atoms with Gasteiger partial charge < -0.3 is 15.1 Å². The molecule has 0 saturated heterocycles. The maximum atomic E-state index is 8.94. The van der Waals surface area contributed by atoms with Crippen molar-refractivity contribution in [2.45, 2.75) is 6.10 Å². The highest BCUT2D eigenvalue weighted by atomic mass is 32.2. The van der Waals surface area contributed by atoms with Gasteiger partial charge in [0.2, 0.25) is 0 Å². The van der Waals surface area contributed by atoms with Crippen molar-refractivity contribution in [3.8, 4) is 0 Å². The fourth-order valence-corrected chi connectivity index (χ4v) is 1.25. The quantitative estimate of drug-likeness (QED) is 0.617. The molecule has 2 N–H and O–H groups in total. The van der Waals surface area contributed by atoms with Gasteiger partial charge in [-0.2, -0.15) is 0 Å². The molecule has 0 rings (SSSR count). The molecule has 1 unspecified atom stereocenters. The van der Waals surface area contributed by atoms with Gasteiger partial charge in [-0.1, -0.05) is 24.0 Å². The molecule has 0 saturated carbocycles. The average molecular weight is 195 g/mol. The minimum Gasteiger partial charge on any atom is -0.394 e. The van der Waals surface area contributed by atoms with Crippen LogP contribution in [0.25, 0.3) is 0 Å². The van der Waals surface area contributed by atoms with Gasteiger partial charge in [-0.15, -0.1) is 0 Å². The molecule has 11 heavy (non-hydrogen) atoms. The molecule has 0 aliphatic heterocycles. The first-order valence-corrected chi connectivity index (χ1v) is 4.60. The molecule has 66 valence electrons. The van der Waals surface area contributed by atoms with Crippen molar-refractivity contribution in [2.75, 3.05) is 26.5 Å². The molecule has 0 amide bonds. The normalized spacial score (nSPS) is 12.7. The molecule has 3 nitrogen and oxygen atoms in total. The molecule has 0 aromatic rings. The van der Waals surface area contributed by atoms with Crippen LogP contribution in [0.5, 0.6) is 0 Å². The van der Waals surface area contributed by atoms with E-state index in [0.29, 0.717) is 5.75 Å². The van der Waals surface area contributed by atoms with Gasteiger partial charge in [0.05, 0.1) is 12.7 Å². The monoisotopic (exact) mass is 195 g/mol. The zero-order valence-corrected chi connectivity index (χ0v) is 8.28. The summed E-state index contributed by atoms with van der Waals surface area (Å²) in [7, 11) is 3.70. The third-order valence-electron chi connectivity index (χ3n) is 0.975. The van der Waals surface area contributed by atoms with Crippen LogP contribution in [0.1, 0.15) is 0 Å². The van der Waals surface area contributed by atoms with Gasteiger partial charge in [0.25, 0.3) is 0 Å². The van der Waals surface area contributed by atoms with Gasteiger partial charge in [-0.3, -0.25) is 0 Å². The van der Waals surface area contributed by atoms with Crippen LogP contribution >= 0.6 is 24.0 Å². The van der Waals surface area contributed by atoms with Crippen LogP contribution < -0.4 is 0 Å². The summed E-state index contributed by atoms with van der Waals surface area (Å²) in [6.45, 7) is -0.205. The van der Waals surface area contributed by atoms with Gasteiger partial charge in [0.1, 0.15) is 4.32 Å². The highest BCUT2D eigenvalue weighted by Gasteiger charge is 2.05. The standard InChI is InChI=1S/C6H13NO2S2/c1-7(2)6(10)11-4-5(9)3-8/h5,8-9H,3-4H2,1-2H3. The molecule has 0 aromatic carbocycles. The predicted molar refractivity (Wildman–Crippen MR) is 51.8 cm³/mol. The van der Waals surface area contributed by atoms with Gasteiger partial charge in [0.15, 0.2) is 0 Å². The van der Waals surface area contributed by atoms with Crippen LogP contribution in [0.3, 0.4) is 0 Å². The first-order chi connectivity index (χ1) is 5.07. The van der Waals surface area contributed by atoms with Crippen LogP contribution in [0.15, 0.2) is 0 Å². The van der Waals surface area contributed by atoms with Crippen molar-refractivity contribution in [2.24, 2.45) is 0 Å². The zero-order valence-electron chi connectivity index (χ0n) is 6.65. The van der Waals surface area contributed by atoms with Crippen LogP contribution in [0.2, 0.25) is 0 Å². The van der Waals surface area contributed by atoms with Gasteiger partial charge in [0, 0.05) is 19.8 Å². The van der Waals surface area contributed by atoms with Crippen LogP contribution in [-0.2, 0) is 0 Å². The molecule has 0 fully saturated rings. The second-order valence-corrected chi connectivity index (χ2v) is 3.96. The molecule has 5 heteroatoms. The summed E-state index contributed by atoms with van der Waals surface area (Å²) in [4.78, 5) is 1.80. The van der Waals surface area contributed by atoms with Crippen molar-refractivity contribution < 1.29 is 10.2 Å². The highest BCUT2D eigenvalue weighted by molar-refractivity contribution is 8.22. The summed E-state index contributed by atoms with van der Waals surface area (Å²) in [5.41, 5.74) is 0. The Hall–Kier alpha value is 0.160. The van der Waals surface area contributed by atoms with E-state index in [1.807, 2.05) is 14.1 Å². The molecule has 0 aliphatic rings. The highest BCUT2D eigenvalue weighted by Crippen LogP contribution is 2.07. The minimum absolute atomic E-state index is 0.205. The summed E-state index contributed by atoms with van der Waals surface area (Å²) in [5, 5.41) is 17.4. The van der Waals surface area contributed by atoms with E-state index in [1.165, 1.54) is 11.8 Å². The lowest BCUT2D eigenvalue weighted by atomic mass is 10.4. The number of aliphatic hydroxyl groups is 2. The van der Waals surface area contributed by atoms with E-state index in [9.17, 15) is 0 Å². The molecule has 0 aromatic heterocycles. The summed E-state index contributed by atoms with van der Waals surface area (Å²) in [6, 6.07) is 0. The van der Waals surface area contributed by atoms with Crippen LogP contribution in [0, 0.1) is 0 Å². The Kier molecular flexibility index (Phi) is 5.85. The van der Waals surface area contributed by atoms with E-state index in [0.717, 1.165) is 4.32 Å². The van der Waals surface area contributed by atoms with Gasteiger partial charge >= 0.3 is 0 Å². The molecule has 1 atom stereocenters. The van der Waals surface area contributed by atoms with Crippen molar-refractivity contribution in [3.63, 3.8) is 0 Å². The number of hydrogen-bond donors (Lipinski definition) is 2. The van der Waals surface area contributed by atoms with Crippen molar-refractivity contribution >= 4 is 28.3 Å². The number of nitrogens with zero attached hydrogens (tertiary/aromatic N) is 1. The Morgan fingerprint density at radius 3 is 2.55 bits per heavy atom. The fraction of sp³-hybridized carbons (Fsp3) is 0.833. The smallest absolute Gasteiger partial charge is 0.135 e. The molecule has 0 aliphatic carbocycles. The molecular formula is C6H13NO2S2. The largest absolute Gasteiger partial charge is 0.394 e. The third kappa shape index (κ3) is 5.43. The SMILES string of the molecule is CN(C)C(=S)SCC(O)CO. The number of thioether (sulfide) groups is 1. The van der Waals surface area contributed by atoms with Crippen molar-refractivity contribution in [1.29, 1.82) is 0 Å². The Morgan fingerprint density at radius 2 is 2.18 bits per heavy atom. The van der Waals surface area contributed by atoms with E-state index in [2.05, 4.69) is 0 Å². The van der Waals surface area contributed by atoms with E-state index in [1.54, 1.807) is 4.90 Å². The second-order valence-electron chi connectivity index (χ2n) is 2.31. The summed E-state index contributed by atoms with van der Waals surface area (Å²) in [5.74, 6) is 0.452. The first kappa shape index (κ1) is 11.2. The van der Waals surface area contributed by atoms with Gasteiger partial charge in [-0.05, 0) is 0 Å². The van der Waals surface area contributed by atoms with Crippen molar-refractivity contribution in [1.82, 2.24) is 4.90 Å². The van der Waals surface area contributed by atoms with E-state index in [-0.39, 0.29) is 6.61 Å². The number of aliphatic hydroxyl groups excluding tert-OH is 2. The topological polar surface area (TPSA) is 43.7 Å². The minimum atomic E-state index is -0.669. The number of rotatable bonds is 3. The lowest BCUT2D eigenvalue weighted by Crippen LogP contribution is -2.21. The number of hydrogen-bond acceptors (Lipinski definition) is 4. The maximum absolute atomic E-state index is 8.94. The summed E-state index contributed by atoms with van der Waals surface area (Å²) < 4.78 is 0.720. The molecule has 0 spiro atoms. The van der Waals surface area contributed by atoms with Crippen molar-refractivity contribution in [3.05, 3.63) is 0 Å². The number of thiocarbonyl (C=S) groups is 1. The Bertz CT molecular complexity index is 130. The van der Waals surface area contributed by atoms with Gasteiger partial charge in [-0.25, -0.2) is 0 Å². The van der Waals surface area contributed by atoms with E-state index < -0.39 is 6.10 Å². The van der Waals surface area contributed by atoms with E-state index in [4.69, 9.17) is 22.4 Å². The summed E-state index contributed by atoms with van der Waals surface area (Å²) in [6.07, 6.45) is -0.669. The molecule has 0 bridgehead atoms. The Balaban J connectivity index is 3.46. The van der Waals surface area contributed by atoms with E-state index >= 15 is 0 Å². The van der Waals surface area contributed by atoms with Crippen LogP contribution in [-0.4, -0.2) is 52.0 Å². The first-order valence-electron chi connectivity index (χ1n) is 3.21. The Labute approximate surface area is 76.4 Å². The maximum Gasteiger partial charge on any atom is 0.135 e.